The van der Waals surface area contributed by atoms with Crippen molar-refractivity contribution in [2.75, 3.05) is 0 Å². The monoisotopic (exact) mass is 319 g/mol. The fourth-order valence-corrected chi connectivity index (χ4v) is 4.55. The van der Waals surface area contributed by atoms with E-state index in [1.807, 2.05) is 0 Å². The molecule has 1 aromatic rings. The Balaban J connectivity index is 1.87. The highest BCUT2D eigenvalue weighted by molar-refractivity contribution is 7.89. The maximum Gasteiger partial charge on any atom is 0.242 e. The van der Waals surface area contributed by atoms with Gasteiger partial charge in [-0.1, -0.05) is 23.2 Å². The molecule has 3 rings (SSSR count). The Kier molecular flexibility index (Phi) is 3.54. The van der Waals surface area contributed by atoms with E-state index < -0.39 is 10.0 Å². The minimum absolute atomic E-state index is 0.0695. The molecule has 2 fully saturated rings. The summed E-state index contributed by atoms with van der Waals surface area (Å²) in [5, 5.41) is 0.585. The van der Waals surface area contributed by atoms with Crippen molar-refractivity contribution in [3.05, 3.63) is 28.2 Å². The van der Waals surface area contributed by atoms with Crippen LogP contribution in [0.2, 0.25) is 10.0 Å². The van der Waals surface area contributed by atoms with E-state index in [1.54, 1.807) is 6.07 Å². The largest absolute Gasteiger partial charge is 0.242 e. The fraction of sp³-hybridized carbons (Fsp3) is 0.538. The maximum absolute atomic E-state index is 12.4. The number of benzene rings is 1. The molecule has 2 aliphatic carbocycles. The molecule has 0 radical (unpaired) electrons. The van der Waals surface area contributed by atoms with Crippen LogP contribution in [-0.2, 0) is 10.0 Å². The summed E-state index contributed by atoms with van der Waals surface area (Å²) in [7, 11) is -3.59. The van der Waals surface area contributed by atoms with E-state index in [4.69, 9.17) is 23.2 Å². The summed E-state index contributed by atoms with van der Waals surface area (Å²) in [6, 6.07) is 4.58. The normalized spacial score (nSPS) is 19.9. The number of halogens is 2. The molecule has 3 nitrogen and oxygen atoms in total. The molecule has 0 spiro atoms. The average Bonchev–Trinajstić information content (AvgIpc) is 3.22. The van der Waals surface area contributed by atoms with Gasteiger partial charge in [0, 0.05) is 11.1 Å². The Hall–Kier alpha value is -0.290. The average molecular weight is 320 g/mol. The summed E-state index contributed by atoms with van der Waals surface area (Å²) in [6.45, 7) is 0. The summed E-state index contributed by atoms with van der Waals surface area (Å²) in [6.07, 6.45) is 4.47. The molecule has 0 heterocycles. The molecule has 0 aliphatic heterocycles. The van der Waals surface area contributed by atoms with Gasteiger partial charge in [0.1, 0.15) is 4.90 Å². The van der Waals surface area contributed by atoms with Crippen molar-refractivity contribution in [2.45, 2.75) is 36.6 Å². The third-order valence-corrected chi connectivity index (χ3v) is 5.91. The van der Waals surface area contributed by atoms with Crippen LogP contribution in [0, 0.1) is 11.8 Å². The molecule has 0 unspecified atom stereocenters. The van der Waals surface area contributed by atoms with Gasteiger partial charge in [-0.2, -0.15) is 0 Å². The highest BCUT2D eigenvalue weighted by Gasteiger charge is 2.43. The first-order valence-corrected chi connectivity index (χ1v) is 8.69. The van der Waals surface area contributed by atoms with E-state index in [-0.39, 0.29) is 16.0 Å². The van der Waals surface area contributed by atoms with E-state index in [1.165, 1.54) is 12.1 Å². The van der Waals surface area contributed by atoms with Crippen LogP contribution in [0.3, 0.4) is 0 Å². The van der Waals surface area contributed by atoms with Crippen LogP contribution in [0.1, 0.15) is 25.7 Å². The summed E-state index contributed by atoms with van der Waals surface area (Å²) in [5.41, 5.74) is 0. The lowest BCUT2D eigenvalue weighted by Gasteiger charge is -2.18. The second kappa shape index (κ2) is 4.92. The molecule has 0 saturated heterocycles. The molecule has 2 aliphatic rings. The van der Waals surface area contributed by atoms with Crippen molar-refractivity contribution >= 4 is 33.2 Å². The van der Waals surface area contributed by atoms with Gasteiger partial charge in [0.25, 0.3) is 0 Å². The van der Waals surface area contributed by atoms with Crippen LogP contribution in [0.15, 0.2) is 23.1 Å². The highest BCUT2D eigenvalue weighted by Crippen LogP contribution is 2.45. The second-order valence-corrected chi connectivity index (χ2v) is 7.92. The van der Waals surface area contributed by atoms with E-state index in [0.717, 1.165) is 25.7 Å². The van der Waals surface area contributed by atoms with Gasteiger partial charge >= 0.3 is 0 Å². The van der Waals surface area contributed by atoms with Crippen LogP contribution in [0.4, 0.5) is 0 Å². The van der Waals surface area contributed by atoms with E-state index >= 15 is 0 Å². The predicted octanol–water partition coefficient (Wildman–Crippen LogP) is 3.46. The highest BCUT2D eigenvalue weighted by atomic mass is 35.5. The van der Waals surface area contributed by atoms with Gasteiger partial charge in [-0.3, -0.25) is 0 Å². The maximum atomic E-state index is 12.4. The van der Waals surface area contributed by atoms with Crippen molar-refractivity contribution in [3.8, 4) is 0 Å². The zero-order valence-corrected chi connectivity index (χ0v) is 12.6. The number of hydrogen-bond donors (Lipinski definition) is 1. The lowest BCUT2D eigenvalue weighted by atomic mass is 10.1. The quantitative estimate of drug-likeness (QED) is 0.903. The molecule has 0 atom stereocenters. The van der Waals surface area contributed by atoms with Crippen LogP contribution in [0.25, 0.3) is 0 Å². The van der Waals surface area contributed by atoms with Gasteiger partial charge in [0.05, 0.1) is 5.02 Å². The van der Waals surface area contributed by atoms with Gasteiger partial charge in [0.15, 0.2) is 0 Å². The summed E-state index contributed by atoms with van der Waals surface area (Å²) >= 11 is 11.8. The van der Waals surface area contributed by atoms with Crippen LogP contribution >= 0.6 is 23.2 Å². The van der Waals surface area contributed by atoms with Gasteiger partial charge in [-0.15, -0.1) is 0 Å². The predicted molar refractivity (Wildman–Crippen MR) is 76.0 cm³/mol. The molecule has 19 heavy (non-hydrogen) atoms. The summed E-state index contributed by atoms with van der Waals surface area (Å²) < 4.78 is 27.7. The van der Waals surface area contributed by atoms with Gasteiger partial charge in [-0.25, -0.2) is 13.1 Å². The molecular weight excluding hydrogens is 305 g/mol. The zero-order valence-electron chi connectivity index (χ0n) is 10.3. The molecule has 104 valence electrons. The topological polar surface area (TPSA) is 46.2 Å². The third kappa shape index (κ3) is 3.07. The zero-order chi connectivity index (χ0) is 13.6. The first-order valence-electron chi connectivity index (χ1n) is 6.45. The molecule has 0 amide bonds. The van der Waals surface area contributed by atoms with Gasteiger partial charge in [0.2, 0.25) is 10.0 Å². The lowest BCUT2D eigenvalue weighted by Crippen LogP contribution is -2.38. The SMILES string of the molecule is O=S(=O)(NC(C1CC1)C1CC1)c1cc(Cl)ccc1Cl. The number of hydrogen-bond acceptors (Lipinski definition) is 2. The van der Waals surface area contributed by atoms with Gasteiger partial charge < -0.3 is 0 Å². The molecule has 2 saturated carbocycles. The molecule has 0 bridgehead atoms. The van der Waals surface area contributed by atoms with Crippen molar-refractivity contribution < 1.29 is 8.42 Å². The van der Waals surface area contributed by atoms with Crippen LogP contribution in [0.5, 0.6) is 0 Å². The molecule has 0 aromatic heterocycles. The van der Waals surface area contributed by atoms with E-state index in [9.17, 15) is 8.42 Å². The van der Waals surface area contributed by atoms with Gasteiger partial charge in [-0.05, 0) is 55.7 Å². The summed E-state index contributed by atoms with van der Waals surface area (Å²) in [5.74, 6) is 1.00. The Labute approximate surface area is 123 Å². The minimum atomic E-state index is -3.59. The standard InChI is InChI=1S/C13H15Cl2NO2S/c14-10-5-6-11(15)12(7-10)19(17,18)16-13(8-1-2-8)9-3-4-9/h5-9,13,16H,1-4H2. The van der Waals surface area contributed by atoms with Crippen molar-refractivity contribution in [1.29, 1.82) is 0 Å². The van der Waals surface area contributed by atoms with Crippen LogP contribution in [-0.4, -0.2) is 14.5 Å². The van der Waals surface area contributed by atoms with E-state index in [0.29, 0.717) is 16.9 Å². The van der Waals surface area contributed by atoms with Crippen LogP contribution < -0.4 is 4.72 Å². The summed E-state index contributed by atoms with van der Waals surface area (Å²) in [4.78, 5) is 0.0768. The molecule has 1 N–H and O–H groups in total. The third-order valence-electron chi connectivity index (χ3n) is 3.73. The lowest BCUT2D eigenvalue weighted by molar-refractivity contribution is 0.471. The van der Waals surface area contributed by atoms with Crippen molar-refractivity contribution in [3.63, 3.8) is 0 Å². The second-order valence-electron chi connectivity index (χ2n) is 5.40. The number of sulfonamides is 1. The molecule has 6 heteroatoms. The smallest absolute Gasteiger partial charge is 0.207 e. The van der Waals surface area contributed by atoms with E-state index in [2.05, 4.69) is 4.72 Å². The van der Waals surface area contributed by atoms with Crippen molar-refractivity contribution in [2.24, 2.45) is 11.8 Å². The van der Waals surface area contributed by atoms with Crippen molar-refractivity contribution in [1.82, 2.24) is 4.72 Å². The number of nitrogens with one attached hydrogen (secondary N) is 1. The Bertz CT molecular complexity index is 583. The molecular formula is C13H15Cl2NO2S. The first-order chi connectivity index (χ1) is 8.97. The first kappa shape index (κ1) is 13.7. The minimum Gasteiger partial charge on any atom is -0.207 e. The Morgan fingerprint density at radius 2 is 1.68 bits per heavy atom. The Morgan fingerprint density at radius 1 is 1.11 bits per heavy atom. The number of rotatable bonds is 5. The molecule has 1 aromatic carbocycles. The fourth-order valence-electron chi connectivity index (χ4n) is 2.41. The Morgan fingerprint density at radius 3 is 2.21 bits per heavy atom.